The summed E-state index contributed by atoms with van der Waals surface area (Å²) in [5.74, 6) is 0.0434. The first-order chi connectivity index (χ1) is 11.5. The lowest BCUT2D eigenvalue weighted by Gasteiger charge is -2.11. The molecular formula is C18H17FN2O3. The number of ether oxygens (including phenoxy) is 1. The number of rotatable bonds is 5. The van der Waals surface area contributed by atoms with Crippen molar-refractivity contribution in [3.63, 3.8) is 0 Å². The van der Waals surface area contributed by atoms with Gasteiger partial charge in [0.25, 0.3) is 0 Å². The van der Waals surface area contributed by atoms with Crippen molar-refractivity contribution in [3.05, 3.63) is 70.0 Å². The number of aryl methyl sites for hydroxylation is 2. The summed E-state index contributed by atoms with van der Waals surface area (Å²) in [5, 5.41) is 4.12. The minimum atomic E-state index is -0.570. The molecule has 0 aliphatic heterocycles. The van der Waals surface area contributed by atoms with E-state index in [9.17, 15) is 9.18 Å². The summed E-state index contributed by atoms with van der Waals surface area (Å²) in [6.07, 6.45) is 0. The summed E-state index contributed by atoms with van der Waals surface area (Å²) in [7, 11) is 0. The number of aromatic nitrogens is 2. The smallest absolute Gasteiger partial charge is 0.437 e. The second-order valence-electron chi connectivity index (χ2n) is 5.47. The predicted molar refractivity (Wildman–Crippen MR) is 87.6 cm³/mol. The van der Waals surface area contributed by atoms with Crippen LogP contribution in [0, 0.1) is 19.7 Å². The Balaban J connectivity index is 1.70. The van der Waals surface area contributed by atoms with E-state index in [2.05, 4.69) is 5.10 Å². The maximum Gasteiger partial charge on any atom is 0.437 e. The van der Waals surface area contributed by atoms with Gasteiger partial charge in [0.1, 0.15) is 18.2 Å². The fourth-order valence-electron chi connectivity index (χ4n) is 2.42. The number of hydrogen-bond donors (Lipinski definition) is 0. The normalized spacial score (nSPS) is 10.8. The maximum atomic E-state index is 12.9. The molecule has 0 unspecified atom stereocenters. The molecule has 2 aromatic carbocycles. The lowest BCUT2D eigenvalue weighted by molar-refractivity contribution is 0.282. The highest BCUT2D eigenvalue weighted by Crippen LogP contribution is 2.22. The predicted octanol–water partition coefficient (Wildman–Crippen LogP) is 3.34. The molecule has 0 amide bonds. The molecule has 24 heavy (non-hydrogen) atoms. The Hall–Kier alpha value is -2.89. The minimum absolute atomic E-state index is 0.159. The summed E-state index contributed by atoms with van der Waals surface area (Å²) < 4.78 is 25.0. The van der Waals surface area contributed by atoms with E-state index in [1.165, 1.54) is 28.9 Å². The number of benzene rings is 2. The molecule has 124 valence electrons. The van der Waals surface area contributed by atoms with E-state index in [1.54, 1.807) is 0 Å². The largest absolute Gasteiger partial charge is 0.491 e. The zero-order chi connectivity index (χ0) is 17.1. The van der Waals surface area contributed by atoms with Crippen LogP contribution in [0.2, 0.25) is 0 Å². The molecule has 0 saturated carbocycles. The van der Waals surface area contributed by atoms with Crippen LogP contribution in [0.4, 0.5) is 4.39 Å². The van der Waals surface area contributed by atoms with Crippen LogP contribution in [0.1, 0.15) is 11.1 Å². The van der Waals surface area contributed by atoms with Crippen molar-refractivity contribution >= 4 is 0 Å². The topological polar surface area (TPSA) is 57.3 Å². The Morgan fingerprint density at radius 1 is 1.12 bits per heavy atom. The highest BCUT2D eigenvalue weighted by Gasteiger charge is 2.11. The monoisotopic (exact) mass is 328 g/mol. The second kappa shape index (κ2) is 6.70. The number of nitrogens with zero attached hydrogens (tertiary/aromatic N) is 2. The van der Waals surface area contributed by atoms with Crippen molar-refractivity contribution in [2.45, 2.75) is 20.4 Å². The van der Waals surface area contributed by atoms with E-state index < -0.39 is 5.76 Å². The van der Waals surface area contributed by atoms with Gasteiger partial charge >= 0.3 is 5.76 Å². The first-order valence-corrected chi connectivity index (χ1v) is 7.57. The third-order valence-electron chi connectivity index (χ3n) is 3.66. The lowest BCUT2D eigenvalue weighted by Crippen LogP contribution is -2.20. The van der Waals surface area contributed by atoms with Gasteiger partial charge in [0, 0.05) is 5.56 Å². The highest BCUT2D eigenvalue weighted by atomic mass is 19.1. The van der Waals surface area contributed by atoms with Crippen molar-refractivity contribution in [2.24, 2.45) is 0 Å². The average Bonchev–Trinajstić information content (AvgIpc) is 2.92. The van der Waals surface area contributed by atoms with Gasteiger partial charge in [0.05, 0.1) is 6.54 Å². The zero-order valence-electron chi connectivity index (χ0n) is 13.5. The van der Waals surface area contributed by atoms with Gasteiger partial charge in [-0.05, 0) is 49.2 Å². The van der Waals surface area contributed by atoms with Gasteiger partial charge in [-0.1, -0.05) is 18.2 Å². The summed E-state index contributed by atoms with van der Waals surface area (Å²) in [6.45, 7) is 4.49. The van der Waals surface area contributed by atoms with Crippen molar-refractivity contribution in [2.75, 3.05) is 6.61 Å². The molecule has 0 fully saturated rings. The lowest BCUT2D eigenvalue weighted by atomic mass is 10.1. The van der Waals surface area contributed by atoms with Gasteiger partial charge in [-0.15, -0.1) is 5.10 Å². The molecule has 3 aromatic rings. The Morgan fingerprint density at radius 2 is 1.79 bits per heavy atom. The van der Waals surface area contributed by atoms with Crippen LogP contribution in [0.25, 0.3) is 11.5 Å². The van der Waals surface area contributed by atoms with Gasteiger partial charge in [-0.25, -0.2) is 9.18 Å². The van der Waals surface area contributed by atoms with Crippen molar-refractivity contribution in [1.29, 1.82) is 0 Å². The second-order valence-corrected chi connectivity index (χ2v) is 5.47. The maximum absolute atomic E-state index is 12.9. The summed E-state index contributed by atoms with van der Waals surface area (Å²) in [6, 6.07) is 11.5. The van der Waals surface area contributed by atoms with Crippen molar-refractivity contribution < 1.29 is 13.5 Å². The number of hydrogen-bond acceptors (Lipinski definition) is 4. The number of para-hydroxylation sites is 1. The van der Waals surface area contributed by atoms with E-state index >= 15 is 0 Å². The van der Waals surface area contributed by atoms with E-state index in [4.69, 9.17) is 9.15 Å². The Morgan fingerprint density at radius 3 is 2.46 bits per heavy atom. The molecule has 0 bridgehead atoms. The van der Waals surface area contributed by atoms with E-state index in [0.29, 0.717) is 12.2 Å². The van der Waals surface area contributed by atoms with Gasteiger partial charge in [0.2, 0.25) is 5.89 Å². The van der Waals surface area contributed by atoms with Crippen molar-refractivity contribution in [1.82, 2.24) is 9.78 Å². The standard InChI is InChI=1S/C18H17FN2O3/c1-12-4-3-5-13(2)16(12)23-11-10-21-18(22)24-17(20-21)14-6-8-15(19)9-7-14/h3-9H,10-11H2,1-2H3. The van der Waals surface area contributed by atoms with Crippen LogP contribution in [-0.4, -0.2) is 16.4 Å². The molecule has 5 nitrogen and oxygen atoms in total. The molecule has 0 atom stereocenters. The van der Waals surface area contributed by atoms with Gasteiger partial charge in [0.15, 0.2) is 0 Å². The fraction of sp³-hybridized carbons (Fsp3) is 0.222. The first-order valence-electron chi connectivity index (χ1n) is 7.57. The summed E-state index contributed by atoms with van der Waals surface area (Å²) in [5.41, 5.74) is 2.62. The van der Waals surface area contributed by atoms with E-state index in [1.807, 2.05) is 32.0 Å². The molecule has 1 aromatic heterocycles. The highest BCUT2D eigenvalue weighted by molar-refractivity contribution is 5.51. The third-order valence-corrected chi connectivity index (χ3v) is 3.66. The molecule has 3 rings (SSSR count). The minimum Gasteiger partial charge on any atom is -0.491 e. The summed E-state index contributed by atoms with van der Waals surface area (Å²) in [4.78, 5) is 11.9. The fourth-order valence-corrected chi connectivity index (χ4v) is 2.42. The molecular weight excluding hydrogens is 311 g/mol. The molecule has 6 heteroatoms. The van der Waals surface area contributed by atoms with Crippen LogP contribution in [0.3, 0.4) is 0 Å². The number of halogens is 1. The average molecular weight is 328 g/mol. The van der Waals surface area contributed by atoms with Gasteiger partial charge in [-0.3, -0.25) is 0 Å². The molecule has 0 N–H and O–H groups in total. The molecule has 0 saturated heterocycles. The Labute approximate surface area is 138 Å². The van der Waals surface area contributed by atoms with E-state index in [0.717, 1.165) is 16.9 Å². The Bertz CT molecular complexity index is 877. The molecule has 0 aliphatic rings. The van der Waals surface area contributed by atoms with Gasteiger partial charge in [-0.2, -0.15) is 4.68 Å². The van der Waals surface area contributed by atoms with Crippen LogP contribution < -0.4 is 10.5 Å². The van der Waals surface area contributed by atoms with Crippen LogP contribution in [0.5, 0.6) is 5.75 Å². The van der Waals surface area contributed by atoms with Crippen LogP contribution in [-0.2, 0) is 6.54 Å². The quantitative estimate of drug-likeness (QED) is 0.721. The molecule has 0 radical (unpaired) electrons. The van der Waals surface area contributed by atoms with E-state index in [-0.39, 0.29) is 18.3 Å². The molecule has 0 aliphatic carbocycles. The molecule has 1 heterocycles. The molecule has 0 spiro atoms. The third kappa shape index (κ3) is 3.37. The van der Waals surface area contributed by atoms with Crippen LogP contribution in [0.15, 0.2) is 51.7 Å². The zero-order valence-corrected chi connectivity index (χ0v) is 13.5. The first kappa shape index (κ1) is 16.0. The summed E-state index contributed by atoms with van der Waals surface area (Å²) >= 11 is 0. The van der Waals surface area contributed by atoms with Gasteiger partial charge < -0.3 is 9.15 Å². The van der Waals surface area contributed by atoms with Crippen molar-refractivity contribution in [3.8, 4) is 17.2 Å². The van der Waals surface area contributed by atoms with Crippen LogP contribution >= 0.6 is 0 Å². The SMILES string of the molecule is Cc1cccc(C)c1OCCn1nc(-c2ccc(F)cc2)oc1=O. The Kier molecular flexibility index (Phi) is 4.46.